The minimum absolute atomic E-state index is 0. The first-order valence-corrected chi connectivity index (χ1v) is 1.55. The van der Waals surface area contributed by atoms with Crippen LogP contribution in [0.5, 0.6) is 0 Å². The standard InChI is InChI=1S/C2H2O4.CH4O.Zn/c3-1(4)2(5)6;1-2;/h(H,3,4)(H,5,6);2H,1H3;. The molecule has 0 spiro atoms. The van der Waals surface area contributed by atoms with E-state index in [9.17, 15) is 0 Å². The number of carbonyl (C=O) groups is 2. The van der Waals surface area contributed by atoms with Crippen molar-refractivity contribution in [2.45, 2.75) is 0 Å². The van der Waals surface area contributed by atoms with E-state index in [1.165, 1.54) is 0 Å². The van der Waals surface area contributed by atoms with Gasteiger partial charge in [-0.25, -0.2) is 9.59 Å². The Kier molecular flexibility index (Phi) is 18.4. The van der Waals surface area contributed by atoms with Gasteiger partial charge in [0, 0.05) is 26.6 Å². The molecule has 0 radical (unpaired) electrons. The fraction of sp³-hybridized carbons (Fsp3) is 0.333. The van der Waals surface area contributed by atoms with Gasteiger partial charge in [0.25, 0.3) is 0 Å². The average Bonchev–Trinajstić information content (AvgIpc) is 1.72. The van der Waals surface area contributed by atoms with Crippen LogP contribution >= 0.6 is 0 Å². The van der Waals surface area contributed by atoms with Crippen LogP contribution in [0.4, 0.5) is 0 Å². The molecule has 6 heteroatoms. The van der Waals surface area contributed by atoms with Crippen molar-refractivity contribution in [2.75, 3.05) is 7.11 Å². The molecule has 9 heavy (non-hydrogen) atoms. The smallest absolute Gasteiger partial charge is 0.414 e. The van der Waals surface area contributed by atoms with Gasteiger partial charge in [0.1, 0.15) is 0 Å². The fourth-order valence-electron chi connectivity index (χ4n) is 0. The third-order valence-electron chi connectivity index (χ3n) is 0.183. The summed E-state index contributed by atoms with van der Waals surface area (Å²) in [6.45, 7) is 0. The summed E-state index contributed by atoms with van der Waals surface area (Å²) in [6.07, 6.45) is 0. The van der Waals surface area contributed by atoms with Crippen LogP contribution in [0.1, 0.15) is 0 Å². The van der Waals surface area contributed by atoms with E-state index in [0.29, 0.717) is 0 Å². The molecule has 0 saturated heterocycles. The zero-order valence-corrected chi connectivity index (χ0v) is 7.83. The third-order valence-corrected chi connectivity index (χ3v) is 0.183. The van der Waals surface area contributed by atoms with Crippen LogP contribution < -0.4 is 0 Å². The Hall–Kier alpha value is -0.477. The quantitative estimate of drug-likeness (QED) is 0.326. The summed E-state index contributed by atoms with van der Waals surface area (Å²) in [5.74, 6) is -3.65. The van der Waals surface area contributed by atoms with Crippen LogP contribution in [0.15, 0.2) is 0 Å². The molecule has 0 aromatic rings. The van der Waals surface area contributed by atoms with Gasteiger partial charge in [-0.15, -0.1) is 0 Å². The Balaban J connectivity index is -0.000000109. The molecule has 0 fully saturated rings. The van der Waals surface area contributed by atoms with Crippen molar-refractivity contribution in [1.82, 2.24) is 0 Å². The van der Waals surface area contributed by atoms with Gasteiger partial charge in [-0.2, -0.15) is 0 Å². The van der Waals surface area contributed by atoms with E-state index in [1.807, 2.05) is 0 Å². The molecule has 0 amide bonds. The molecule has 0 aliphatic heterocycles. The Bertz CT molecular complexity index is 78.2. The number of aliphatic hydroxyl groups is 1. The topological polar surface area (TPSA) is 94.8 Å². The third kappa shape index (κ3) is 18.5. The second-order valence-corrected chi connectivity index (χ2v) is 0.610. The molecule has 0 heterocycles. The number of carboxylic acid groups (broad SMARTS) is 2. The van der Waals surface area contributed by atoms with Crippen molar-refractivity contribution in [3.63, 3.8) is 0 Å². The summed E-state index contributed by atoms with van der Waals surface area (Å²) in [6, 6.07) is 0. The molecule has 0 aliphatic rings. The Morgan fingerprint density at radius 2 is 1.11 bits per heavy atom. The maximum atomic E-state index is 9.10. The summed E-state index contributed by atoms with van der Waals surface area (Å²) in [5, 5.41) is 21.8. The first kappa shape index (κ1) is 15.8. The van der Waals surface area contributed by atoms with Gasteiger partial charge in [-0.3, -0.25) is 0 Å². The van der Waals surface area contributed by atoms with Crippen LogP contribution in [0.2, 0.25) is 0 Å². The van der Waals surface area contributed by atoms with Crippen LogP contribution in [-0.4, -0.2) is 34.4 Å². The number of hydrogen-bond acceptors (Lipinski definition) is 3. The molecule has 0 unspecified atom stereocenters. The van der Waals surface area contributed by atoms with Crippen molar-refractivity contribution >= 4 is 11.9 Å². The predicted molar refractivity (Wildman–Crippen MR) is 23.4 cm³/mol. The van der Waals surface area contributed by atoms with E-state index < -0.39 is 11.9 Å². The van der Waals surface area contributed by atoms with Gasteiger partial charge in [0.05, 0.1) is 0 Å². The van der Waals surface area contributed by atoms with E-state index in [-0.39, 0.29) is 19.5 Å². The minimum Gasteiger partial charge on any atom is -0.473 e. The van der Waals surface area contributed by atoms with Gasteiger partial charge in [-0.05, 0) is 0 Å². The number of rotatable bonds is 0. The Morgan fingerprint density at radius 3 is 1.11 bits per heavy atom. The molecular formula is C3H6O5Zn. The Morgan fingerprint density at radius 1 is 1.00 bits per heavy atom. The molecule has 0 aromatic carbocycles. The second kappa shape index (κ2) is 10.5. The van der Waals surface area contributed by atoms with Crippen molar-refractivity contribution < 1.29 is 44.4 Å². The van der Waals surface area contributed by atoms with Gasteiger partial charge in [-0.1, -0.05) is 0 Å². The monoisotopic (exact) mass is 186 g/mol. The zero-order valence-electron chi connectivity index (χ0n) is 4.87. The average molecular weight is 187 g/mol. The van der Waals surface area contributed by atoms with Gasteiger partial charge < -0.3 is 15.3 Å². The summed E-state index contributed by atoms with van der Waals surface area (Å²) >= 11 is 0. The van der Waals surface area contributed by atoms with E-state index in [2.05, 4.69) is 0 Å². The molecule has 0 atom stereocenters. The summed E-state index contributed by atoms with van der Waals surface area (Å²) in [7, 11) is 1.00. The second-order valence-electron chi connectivity index (χ2n) is 0.610. The SMILES string of the molecule is CO.O=C(O)C(=O)O.[Zn]. The van der Waals surface area contributed by atoms with E-state index in [0.717, 1.165) is 7.11 Å². The Labute approximate surface area is 64.1 Å². The number of aliphatic carboxylic acids is 2. The van der Waals surface area contributed by atoms with E-state index >= 15 is 0 Å². The van der Waals surface area contributed by atoms with E-state index in [4.69, 9.17) is 24.9 Å². The van der Waals surface area contributed by atoms with Gasteiger partial charge >= 0.3 is 11.9 Å². The molecule has 50 valence electrons. The normalized spacial score (nSPS) is 5.56. The molecule has 5 nitrogen and oxygen atoms in total. The van der Waals surface area contributed by atoms with Crippen molar-refractivity contribution in [3.8, 4) is 0 Å². The molecule has 0 bridgehead atoms. The number of aliphatic hydroxyl groups excluding tert-OH is 1. The van der Waals surface area contributed by atoms with Crippen LogP contribution in [-0.2, 0) is 29.1 Å². The maximum absolute atomic E-state index is 9.10. The van der Waals surface area contributed by atoms with E-state index in [1.54, 1.807) is 0 Å². The first-order chi connectivity index (χ1) is 3.64. The molecule has 0 rings (SSSR count). The summed E-state index contributed by atoms with van der Waals surface area (Å²) < 4.78 is 0. The number of carboxylic acids is 2. The van der Waals surface area contributed by atoms with Crippen molar-refractivity contribution in [1.29, 1.82) is 0 Å². The van der Waals surface area contributed by atoms with Crippen molar-refractivity contribution in [3.05, 3.63) is 0 Å². The maximum Gasteiger partial charge on any atom is 0.414 e. The minimum atomic E-state index is -1.82. The van der Waals surface area contributed by atoms with Gasteiger partial charge in [0.15, 0.2) is 0 Å². The zero-order chi connectivity index (χ0) is 7.15. The van der Waals surface area contributed by atoms with Crippen molar-refractivity contribution in [2.24, 2.45) is 0 Å². The summed E-state index contributed by atoms with van der Waals surface area (Å²) in [4.78, 5) is 18.2. The van der Waals surface area contributed by atoms with Crippen LogP contribution in [0, 0.1) is 0 Å². The molecule has 0 aromatic heterocycles. The fourth-order valence-corrected chi connectivity index (χ4v) is 0. The number of hydrogen-bond donors (Lipinski definition) is 3. The molecule has 0 aliphatic carbocycles. The molecule has 3 N–H and O–H groups in total. The largest absolute Gasteiger partial charge is 0.473 e. The first-order valence-electron chi connectivity index (χ1n) is 1.55. The van der Waals surface area contributed by atoms with Crippen LogP contribution in [0.25, 0.3) is 0 Å². The van der Waals surface area contributed by atoms with Crippen LogP contribution in [0.3, 0.4) is 0 Å². The van der Waals surface area contributed by atoms with Gasteiger partial charge in [0.2, 0.25) is 0 Å². The summed E-state index contributed by atoms with van der Waals surface area (Å²) in [5.41, 5.74) is 0. The molecule has 0 saturated carbocycles. The molecular weight excluding hydrogens is 181 g/mol. The predicted octanol–water partition coefficient (Wildman–Crippen LogP) is -1.24.